The van der Waals surface area contributed by atoms with Gasteiger partial charge in [0.05, 0.1) is 0 Å². The molecule has 1 saturated heterocycles. The lowest BCUT2D eigenvalue weighted by molar-refractivity contribution is 0.0671. The molecule has 0 spiro atoms. The van der Waals surface area contributed by atoms with Crippen molar-refractivity contribution in [3.05, 3.63) is 63.6 Å². The number of aromatic nitrogens is 1. The number of H-pyrrole nitrogens is 1. The Morgan fingerprint density at radius 2 is 1.79 bits per heavy atom. The summed E-state index contributed by atoms with van der Waals surface area (Å²) in [6.07, 6.45) is 1.62. The standard InChI is InChI=1S/C21H26N4O3/c1-3-5-17-13-16(14-19(26)22-17)20(27)24-8-10-25(11-9-24)21(28)23-18-7-4-6-15(2)12-18/h4,6-7,12-14H,3,5,8-11H2,1-2H3,(H,22,26)(H,23,28). The van der Waals surface area contributed by atoms with E-state index in [1.165, 1.54) is 6.07 Å². The lowest BCUT2D eigenvalue weighted by Gasteiger charge is -2.34. The molecule has 0 radical (unpaired) electrons. The van der Waals surface area contributed by atoms with E-state index in [4.69, 9.17) is 0 Å². The highest BCUT2D eigenvalue weighted by molar-refractivity contribution is 5.94. The number of carbonyl (C=O) groups is 2. The first-order valence-electron chi connectivity index (χ1n) is 9.61. The summed E-state index contributed by atoms with van der Waals surface area (Å²) in [7, 11) is 0. The van der Waals surface area contributed by atoms with Gasteiger partial charge in [-0.25, -0.2) is 4.79 Å². The van der Waals surface area contributed by atoms with E-state index in [-0.39, 0.29) is 17.5 Å². The van der Waals surface area contributed by atoms with E-state index < -0.39 is 0 Å². The number of nitrogens with one attached hydrogen (secondary N) is 2. The van der Waals surface area contributed by atoms with Gasteiger partial charge in [-0.1, -0.05) is 25.5 Å². The van der Waals surface area contributed by atoms with Crippen LogP contribution in [0.15, 0.2) is 41.2 Å². The van der Waals surface area contributed by atoms with E-state index in [0.29, 0.717) is 31.7 Å². The zero-order valence-corrected chi connectivity index (χ0v) is 16.3. The molecule has 0 unspecified atom stereocenters. The molecule has 0 bridgehead atoms. The van der Waals surface area contributed by atoms with Crippen LogP contribution in [0.25, 0.3) is 0 Å². The zero-order valence-electron chi connectivity index (χ0n) is 16.3. The minimum atomic E-state index is -0.259. The maximum Gasteiger partial charge on any atom is 0.321 e. The van der Waals surface area contributed by atoms with Crippen molar-refractivity contribution in [3.8, 4) is 0 Å². The molecule has 1 aromatic carbocycles. The van der Waals surface area contributed by atoms with Crippen LogP contribution in [-0.4, -0.2) is 52.9 Å². The van der Waals surface area contributed by atoms with Crippen molar-refractivity contribution < 1.29 is 9.59 Å². The van der Waals surface area contributed by atoms with E-state index in [2.05, 4.69) is 10.3 Å². The van der Waals surface area contributed by atoms with Crippen molar-refractivity contribution in [1.29, 1.82) is 0 Å². The second-order valence-electron chi connectivity index (χ2n) is 7.09. The number of hydrogen-bond acceptors (Lipinski definition) is 3. The van der Waals surface area contributed by atoms with Gasteiger partial charge in [0.2, 0.25) is 5.56 Å². The largest absolute Gasteiger partial charge is 0.335 e. The minimum absolute atomic E-state index is 0.165. The third-order valence-electron chi connectivity index (χ3n) is 4.79. The molecule has 1 fully saturated rings. The zero-order chi connectivity index (χ0) is 20.1. The molecule has 7 nitrogen and oxygen atoms in total. The fraction of sp³-hybridized carbons (Fsp3) is 0.381. The number of hydrogen-bond donors (Lipinski definition) is 2. The number of rotatable bonds is 4. The summed E-state index contributed by atoms with van der Waals surface area (Å²) in [5.41, 5.74) is 2.76. The van der Waals surface area contributed by atoms with Gasteiger partial charge in [0.25, 0.3) is 5.91 Å². The molecule has 2 aromatic rings. The lowest BCUT2D eigenvalue weighted by Crippen LogP contribution is -2.51. The fourth-order valence-electron chi connectivity index (χ4n) is 3.35. The molecular weight excluding hydrogens is 356 g/mol. The summed E-state index contributed by atoms with van der Waals surface area (Å²) in [6, 6.07) is 10.6. The molecule has 0 aliphatic carbocycles. The Kier molecular flexibility index (Phi) is 6.13. The maximum absolute atomic E-state index is 12.8. The van der Waals surface area contributed by atoms with E-state index >= 15 is 0 Å². The summed E-state index contributed by atoms with van der Waals surface area (Å²) in [6.45, 7) is 5.78. The van der Waals surface area contributed by atoms with E-state index in [9.17, 15) is 14.4 Å². The van der Waals surface area contributed by atoms with Crippen molar-refractivity contribution in [2.45, 2.75) is 26.7 Å². The van der Waals surface area contributed by atoms with Crippen LogP contribution < -0.4 is 10.9 Å². The average Bonchev–Trinajstić information content (AvgIpc) is 2.67. The second-order valence-corrected chi connectivity index (χ2v) is 7.09. The Balaban J connectivity index is 1.59. The van der Waals surface area contributed by atoms with Crippen molar-refractivity contribution in [1.82, 2.24) is 14.8 Å². The third-order valence-corrected chi connectivity index (χ3v) is 4.79. The number of aromatic amines is 1. The number of anilines is 1. The van der Waals surface area contributed by atoms with Gasteiger partial charge in [-0.3, -0.25) is 9.59 Å². The summed E-state index contributed by atoms with van der Waals surface area (Å²) in [5, 5.41) is 2.90. The molecule has 2 heterocycles. The van der Waals surface area contributed by atoms with E-state index in [1.54, 1.807) is 15.9 Å². The molecule has 3 rings (SSSR count). The molecule has 3 amide bonds. The molecule has 28 heavy (non-hydrogen) atoms. The number of piperazine rings is 1. The van der Waals surface area contributed by atoms with E-state index in [0.717, 1.165) is 29.8 Å². The van der Waals surface area contributed by atoms with Crippen LogP contribution in [0.2, 0.25) is 0 Å². The number of amides is 3. The van der Waals surface area contributed by atoms with Crippen molar-refractivity contribution >= 4 is 17.6 Å². The third kappa shape index (κ3) is 4.79. The van der Waals surface area contributed by atoms with E-state index in [1.807, 2.05) is 38.1 Å². The van der Waals surface area contributed by atoms with Crippen molar-refractivity contribution in [2.75, 3.05) is 31.5 Å². The highest BCUT2D eigenvalue weighted by Crippen LogP contribution is 2.13. The molecular formula is C21H26N4O3. The molecule has 0 saturated carbocycles. The highest BCUT2D eigenvalue weighted by atomic mass is 16.2. The Bertz CT molecular complexity index is 914. The first-order valence-corrected chi connectivity index (χ1v) is 9.61. The van der Waals surface area contributed by atoms with Crippen LogP contribution in [0.5, 0.6) is 0 Å². The predicted octanol–water partition coefficient (Wildman–Crippen LogP) is 2.63. The maximum atomic E-state index is 12.8. The lowest BCUT2D eigenvalue weighted by atomic mass is 10.1. The quantitative estimate of drug-likeness (QED) is 0.852. The summed E-state index contributed by atoms with van der Waals surface area (Å²) >= 11 is 0. The SMILES string of the molecule is CCCc1cc(C(=O)N2CCN(C(=O)Nc3cccc(C)c3)CC2)cc(=O)[nH]1. The van der Waals surface area contributed by atoms with Crippen molar-refractivity contribution in [3.63, 3.8) is 0 Å². The van der Waals surface area contributed by atoms with Crippen LogP contribution in [0.1, 0.15) is 35.0 Å². The Morgan fingerprint density at radius 1 is 1.07 bits per heavy atom. The average molecular weight is 382 g/mol. The molecule has 1 aromatic heterocycles. The number of carbonyl (C=O) groups excluding carboxylic acids is 2. The van der Waals surface area contributed by atoms with Gasteiger partial charge in [0, 0.05) is 49.2 Å². The summed E-state index contributed by atoms with van der Waals surface area (Å²) < 4.78 is 0. The number of benzene rings is 1. The van der Waals surface area contributed by atoms with Crippen LogP contribution in [-0.2, 0) is 6.42 Å². The monoisotopic (exact) mass is 382 g/mol. The minimum Gasteiger partial charge on any atom is -0.335 e. The molecule has 2 N–H and O–H groups in total. The van der Waals surface area contributed by atoms with Crippen LogP contribution in [0, 0.1) is 6.92 Å². The van der Waals surface area contributed by atoms with Gasteiger partial charge in [-0.2, -0.15) is 0 Å². The smallest absolute Gasteiger partial charge is 0.321 e. The molecule has 1 aliphatic rings. The van der Waals surface area contributed by atoms with Gasteiger partial charge >= 0.3 is 6.03 Å². The summed E-state index contributed by atoms with van der Waals surface area (Å²) in [5.74, 6) is -0.165. The van der Waals surface area contributed by atoms with Crippen LogP contribution in [0.3, 0.4) is 0 Å². The van der Waals surface area contributed by atoms with Crippen LogP contribution >= 0.6 is 0 Å². The highest BCUT2D eigenvalue weighted by Gasteiger charge is 2.25. The first-order chi connectivity index (χ1) is 13.5. The number of aryl methyl sites for hydroxylation is 2. The molecule has 1 aliphatic heterocycles. The first kappa shape index (κ1) is 19.7. The Morgan fingerprint density at radius 3 is 2.46 bits per heavy atom. The van der Waals surface area contributed by atoms with Gasteiger partial charge in [-0.15, -0.1) is 0 Å². The topological polar surface area (TPSA) is 85.5 Å². The molecule has 0 atom stereocenters. The second kappa shape index (κ2) is 8.73. The Labute approximate surface area is 164 Å². The Hall–Kier alpha value is -3.09. The van der Waals surface area contributed by atoms with Gasteiger partial charge < -0.3 is 20.1 Å². The van der Waals surface area contributed by atoms with Crippen LogP contribution in [0.4, 0.5) is 10.5 Å². The van der Waals surface area contributed by atoms with Gasteiger partial charge in [-0.05, 0) is 37.1 Å². The summed E-state index contributed by atoms with van der Waals surface area (Å²) in [4.78, 5) is 43.2. The number of urea groups is 1. The molecule has 7 heteroatoms. The number of pyridine rings is 1. The van der Waals surface area contributed by atoms with Crippen molar-refractivity contribution in [2.24, 2.45) is 0 Å². The normalized spacial score (nSPS) is 14.1. The fourth-order valence-corrected chi connectivity index (χ4v) is 3.35. The molecule has 148 valence electrons. The van der Waals surface area contributed by atoms with Gasteiger partial charge in [0.15, 0.2) is 0 Å². The number of nitrogens with zero attached hydrogens (tertiary/aromatic N) is 2. The van der Waals surface area contributed by atoms with Gasteiger partial charge in [0.1, 0.15) is 0 Å². The predicted molar refractivity (Wildman–Crippen MR) is 109 cm³/mol.